The van der Waals surface area contributed by atoms with Gasteiger partial charge in [0.2, 0.25) is 5.91 Å². The Morgan fingerprint density at radius 1 is 1.04 bits per heavy atom. The predicted octanol–water partition coefficient (Wildman–Crippen LogP) is 2.46. The summed E-state index contributed by atoms with van der Waals surface area (Å²) in [5.74, 6) is -0.749. The fourth-order valence-electron chi connectivity index (χ4n) is 2.42. The second kappa shape index (κ2) is 9.42. The summed E-state index contributed by atoms with van der Waals surface area (Å²) >= 11 is 0. The van der Waals surface area contributed by atoms with E-state index in [-0.39, 0.29) is 24.8 Å². The Morgan fingerprint density at radius 3 is 2.44 bits per heavy atom. The van der Waals surface area contributed by atoms with Crippen LogP contribution >= 0.6 is 0 Å². The van der Waals surface area contributed by atoms with E-state index in [1.807, 2.05) is 36.4 Å². The maximum atomic E-state index is 13.2. The topological polar surface area (TPSA) is 75.4 Å². The van der Waals surface area contributed by atoms with Crippen molar-refractivity contribution in [3.8, 4) is 0 Å². The number of nitrogens with two attached hydrogens (primary N) is 1. The maximum absolute atomic E-state index is 13.2. The molecule has 0 radical (unpaired) electrons. The molecule has 2 rings (SSSR count). The Hall–Kier alpha value is -2.89. The predicted molar refractivity (Wildman–Crippen MR) is 94.2 cm³/mol. The van der Waals surface area contributed by atoms with Crippen LogP contribution in [0.2, 0.25) is 0 Å². The van der Waals surface area contributed by atoms with Crippen LogP contribution in [-0.4, -0.2) is 29.9 Å². The minimum Gasteiger partial charge on any atom is -0.370 e. The van der Waals surface area contributed by atoms with Crippen LogP contribution in [0.1, 0.15) is 17.5 Å². The smallest absolute Gasteiger partial charge is 0.317 e. The molecule has 0 aliphatic rings. The van der Waals surface area contributed by atoms with Crippen LogP contribution < -0.4 is 11.1 Å². The highest BCUT2D eigenvalue weighted by atomic mass is 19.1. The molecule has 0 unspecified atom stereocenters. The van der Waals surface area contributed by atoms with E-state index in [0.29, 0.717) is 19.5 Å². The summed E-state index contributed by atoms with van der Waals surface area (Å²) in [7, 11) is 0. The van der Waals surface area contributed by atoms with Gasteiger partial charge in [0, 0.05) is 26.1 Å². The van der Waals surface area contributed by atoms with Crippen LogP contribution in [0.5, 0.6) is 0 Å². The van der Waals surface area contributed by atoms with Gasteiger partial charge in [0.05, 0.1) is 0 Å². The second-order valence-electron chi connectivity index (χ2n) is 5.74. The van der Waals surface area contributed by atoms with Gasteiger partial charge >= 0.3 is 6.03 Å². The van der Waals surface area contributed by atoms with Crippen LogP contribution in [-0.2, 0) is 17.8 Å². The third-order valence-electron chi connectivity index (χ3n) is 3.71. The van der Waals surface area contributed by atoms with E-state index in [9.17, 15) is 14.0 Å². The van der Waals surface area contributed by atoms with Crippen LogP contribution in [0.15, 0.2) is 54.6 Å². The van der Waals surface area contributed by atoms with Gasteiger partial charge in [-0.05, 0) is 29.7 Å². The fourth-order valence-corrected chi connectivity index (χ4v) is 2.42. The first-order valence-corrected chi connectivity index (χ1v) is 8.14. The van der Waals surface area contributed by atoms with Gasteiger partial charge in [-0.1, -0.05) is 42.5 Å². The van der Waals surface area contributed by atoms with Gasteiger partial charge in [0.25, 0.3) is 0 Å². The molecule has 3 amide bonds. The van der Waals surface area contributed by atoms with E-state index in [1.165, 1.54) is 12.1 Å². The zero-order chi connectivity index (χ0) is 18.1. The highest BCUT2D eigenvalue weighted by Gasteiger charge is 2.14. The quantitative estimate of drug-likeness (QED) is 0.772. The molecule has 132 valence electrons. The molecule has 0 aromatic heterocycles. The Kier molecular flexibility index (Phi) is 6.95. The lowest BCUT2D eigenvalue weighted by Crippen LogP contribution is -2.41. The van der Waals surface area contributed by atoms with Crippen molar-refractivity contribution >= 4 is 11.9 Å². The molecule has 2 aromatic rings. The summed E-state index contributed by atoms with van der Waals surface area (Å²) in [4.78, 5) is 25.0. The number of hydrogen-bond acceptors (Lipinski definition) is 2. The number of primary amides is 1. The summed E-state index contributed by atoms with van der Waals surface area (Å²) in [6.07, 6.45) is 0.628. The van der Waals surface area contributed by atoms with Crippen molar-refractivity contribution in [3.63, 3.8) is 0 Å². The number of hydrogen-bond donors (Lipinski definition) is 2. The highest BCUT2D eigenvalue weighted by Crippen LogP contribution is 2.07. The standard InChI is InChI=1S/C19H22FN3O2/c20-17-8-4-7-15(13-17)9-11-22-19(25)23(12-10-18(21)24)14-16-5-2-1-3-6-16/h1-8,13H,9-12,14H2,(H2,21,24)(H,22,25). The maximum Gasteiger partial charge on any atom is 0.317 e. The van der Waals surface area contributed by atoms with E-state index in [4.69, 9.17) is 5.73 Å². The minimum atomic E-state index is -0.453. The summed E-state index contributed by atoms with van der Waals surface area (Å²) in [5.41, 5.74) is 6.97. The Morgan fingerprint density at radius 2 is 1.76 bits per heavy atom. The molecule has 25 heavy (non-hydrogen) atoms. The van der Waals surface area contributed by atoms with E-state index in [0.717, 1.165) is 11.1 Å². The van der Waals surface area contributed by atoms with Crippen molar-refractivity contribution in [1.82, 2.24) is 10.2 Å². The van der Waals surface area contributed by atoms with Gasteiger partial charge in [-0.3, -0.25) is 4.79 Å². The third-order valence-corrected chi connectivity index (χ3v) is 3.71. The van der Waals surface area contributed by atoms with Gasteiger partial charge < -0.3 is 16.0 Å². The number of urea groups is 1. The molecular formula is C19H22FN3O2. The Bertz CT molecular complexity index is 707. The lowest BCUT2D eigenvalue weighted by molar-refractivity contribution is -0.118. The monoisotopic (exact) mass is 343 g/mol. The molecule has 0 saturated carbocycles. The number of carbonyl (C=O) groups is 2. The molecule has 0 aliphatic carbocycles. The molecular weight excluding hydrogens is 321 g/mol. The molecule has 5 nitrogen and oxygen atoms in total. The number of halogens is 1. The van der Waals surface area contributed by atoms with E-state index in [1.54, 1.807) is 11.0 Å². The molecule has 0 aliphatic heterocycles. The summed E-state index contributed by atoms with van der Waals surface area (Å²) in [5, 5.41) is 2.81. The summed E-state index contributed by atoms with van der Waals surface area (Å²) in [6.45, 7) is 1.01. The number of amides is 3. The van der Waals surface area contributed by atoms with Crippen molar-refractivity contribution in [2.75, 3.05) is 13.1 Å². The number of benzene rings is 2. The normalized spacial score (nSPS) is 10.3. The first-order valence-electron chi connectivity index (χ1n) is 8.14. The van der Waals surface area contributed by atoms with Crippen molar-refractivity contribution in [2.24, 2.45) is 5.73 Å². The average Bonchev–Trinajstić information content (AvgIpc) is 2.59. The molecule has 0 bridgehead atoms. The van der Waals surface area contributed by atoms with Gasteiger partial charge in [-0.2, -0.15) is 0 Å². The largest absolute Gasteiger partial charge is 0.370 e. The van der Waals surface area contributed by atoms with Gasteiger partial charge in [-0.25, -0.2) is 9.18 Å². The number of nitrogens with zero attached hydrogens (tertiary/aromatic N) is 1. The first-order chi connectivity index (χ1) is 12.0. The van der Waals surface area contributed by atoms with Crippen molar-refractivity contribution < 1.29 is 14.0 Å². The molecule has 0 heterocycles. The van der Waals surface area contributed by atoms with E-state index in [2.05, 4.69) is 5.32 Å². The van der Waals surface area contributed by atoms with Crippen LogP contribution in [0.4, 0.5) is 9.18 Å². The number of nitrogens with one attached hydrogen (secondary N) is 1. The van der Waals surface area contributed by atoms with Crippen LogP contribution in [0.25, 0.3) is 0 Å². The van der Waals surface area contributed by atoms with Gasteiger partial charge in [-0.15, -0.1) is 0 Å². The Labute approximate surface area is 146 Å². The van der Waals surface area contributed by atoms with Crippen molar-refractivity contribution in [1.29, 1.82) is 0 Å². The summed E-state index contributed by atoms with van der Waals surface area (Å²) < 4.78 is 13.2. The third kappa shape index (κ3) is 6.63. The average molecular weight is 343 g/mol. The van der Waals surface area contributed by atoms with E-state index < -0.39 is 5.91 Å². The lowest BCUT2D eigenvalue weighted by Gasteiger charge is -2.23. The van der Waals surface area contributed by atoms with Crippen molar-refractivity contribution in [2.45, 2.75) is 19.4 Å². The molecule has 0 atom stereocenters. The fraction of sp³-hybridized carbons (Fsp3) is 0.263. The van der Waals surface area contributed by atoms with Crippen LogP contribution in [0.3, 0.4) is 0 Å². The molecule has 0 spiro atoms. The highest BCUT2D eigenvalue weighted by molar-refractivity contribution is 5.77. The molecule has 2 aromatic carbocycles. The molecule has 0 fully saturated rings. The molecule has 3 N–H and O–H groups in total. The first kappa shape index (κ1) is 18.4. The number of carbonyl (C=O) groups excluding carboxylic acids is 2. The molecule has 6 heteroatoms. The van der Waals surface area contributed by atoms with Gasteiger partial charge in [0.15, 0.2) is 0 Å². The summed E-state index contributed by atoms with van der Waals surface area (Å²) in [6, 6.07) is 15.5. The van der Waals surface area contributed by atoms with E-state index >= 15 is 0 Å². The minimum absolute atomic E-state index is 0.101. The zero-order valence-corrected chi connectivity index (χ0v) is 14.0. The lowest BCUT2D eigenvalue weighted by atomic mass is 10.1. The van der Waals surface area contributed by atoms with Crippen LogP contribution in [0, 0.1) is 5.82 Å². The van der Waals surface area contributed by atoms with Crippen molar-refractivity contribution in [3.05, 3.63) is 71.5 Å². The number of rotatable bonds is 8. The SMILES string of the molecule is NC(=O)CCN(Cc1ccccc1)C(=O)NCCc1cccc(F)c1. The second-order valence-corrected chi connectivity index (χ2v) is 5.74. The Balaban J connectivity index is 1.90. The zero-order valence-electron chi connectivity index (χ0n) is 14.0. The van der Waals surface area contributed by atoms with Gasteiger partial charge in [0.1, 0.15) is 5.82 Å². The molecule has 0 saturated heterocycles.